The fourth-order valence-corrected chi connectivity index (χ4v) is 1.97. The number of nitrogens with one attached hydrogen (secondary N) is 1. The molecule has 0 aromatic carbocycles. The maximum absolute atomic E-state index is 11.1. The van der Waals surface area contributed by atoms with Crippen LogP contribution in [0.2, 0.25) is 0 Å². The second-order valence-corrected chi connectivity index (χ2v) is 4.67. The van der Waals surface area contributed by atoms with E-state index in [-0.39, 0.29) is 5.97 Å². The van der Waals surface area contributed by atoms with Gasteiger partial charge in [0.15, 0.2) is 0 Å². The Hall–Kier alpha value is -0.970. The number of hydrogen-bond donors (Lipinski definition) is 1. The van der Waals surface area contributed by atoms with Crippen molar-refractivity contribution in [3.05, 3.63) is 17.7 Å². The molecule has 5 heteroatoms. The van der Waals surface area contributed by atoms with Crippen LogP contribution in [0.4, 0.5) is 0 Å². The van der Waals surface area contributed by atoms with Crippen LogP contribution in [0.15, 0.2) is 6.20 Å². The number of hydrogen-bond acceptors (Lipinski definition) is 4. The van der Waals surface area contributed by atoms with Crippen molar-refractivity contribution >= 4 is 17.7 Å². The third kappa shape index (κ3) is 3.95. The summed E-state index contributed by atoms with van der Waals surface area (Å²) in [6, 6.07) is 0. The van der Waals surface area contributed by atoms with Gasteiger partial charge in [0, 0.05) is 0 Å². The van der Waals surface area contributed by atoms with Crippen LogP contribution in [0.1, 0.15) is 30.2 Å². The number of esters is 1. The number of thioether (sulfide) groups is 1. The van der Waals surface area contributed by atoms with Crippen molar-refractivity contribution in [1.82, 2.24) is 9.97 Å². The molecule has 1 N–H and O–H groups in total. The summed E-state index contributed by atoms with van der Waals surface area (Å²) in [5.41, 5.74) is 0.414. The van der Waals surface area contributed by atoms with Crippen molar-refractivity contribution in [1.29, 1.82) is 0 Å². The van der Waals surface area contributed by atoms with Crippen LogP contribution in [0, 0.1) is 5.92 Å². The van der Waals surface area contributed by atoms with E-state index in [0.717, 1.165) is 17.3 Å². The predicted octanol–water partition coefficient (Wildman–Crippen LogP) is 2.09. The predicted molar refractivity (Wildman–Crippen MR) is 60.9 cm³/mol. The van der Waals surface area contributed by atoms with E-state index >= 15 is 0 Å². The Labute approximate surface area is 93.8 Å². The quantitative estimate of drug-likeness (QED) is 0.784. The zero-order valence-electron chi connectivity index (χ0n) is 9.24. The molecule has 0 aliphatic rings. The van der Waals surface area contributed by atoms with Gasteiger partial charge < -0.3 is 9.72 Å². The summed E-state index contributed by atoms with van der Waals surface area (Å²) in [7, 11) is 1.36. The van der Waals surface area contributed by atoms with Crippen LogP contribution in [-0.4, -0.2) is 28.8 Å². The Morgan fingerprint density at radius 1 is 1.67 bits per heavy atom. The van der Waals surface area contributed by atoms with E-state index in [1.165, 1.54) is 13.3 Å². The highest BCUT2D eigenvalue weighted by atomic mass is 32.2. The van der Waals surface area contributed by atoms with Gasteiger partial charge in [-0.1, -0.05) is 13.8 Å². The molecule has 0 unspecified atom stereocenters. The number of carbonyl (C=O) groups is 1. The molecule has 1 rings (SSSR count). The number of ether oxygens (including phenoxy) is 1. The van der Waals surface area contributed by atoms with Crippen LogP contribution in [-0.2, 0) is 10.5 Å². The lowest BCUT2D eigenvalue weighted by atomic mass is 10.3. The molecule has 0 fully saturated rings. The van der Waals surface area contributed by atoms with E-state index in [0.29, 0.717) is 11.6 Å². The Bertz CT molecular complexity index is 323. The topological polar surface area (TPSA) is 55.0 Å². The Kier molecular flexibility index (Phi) is 4.68. The molecule has 4 nitrogen and oxygen atoms in total. The van der Waals surface area contributed by atoms with Gasteiger partial charge in [-0.15, -0.1) is 0 Å². The van der Waals surface area contributed by atoms with Crippen molar-refractivity contribution in [2.45, 2.75) is 19.6 Å². The van der Waals surface area contributed by atoms with E-state index in [4.69, 9.17) is 0 Å². The van der Waals surface area contributed by atoms with Crippen LogP contribution < -0.4 is 0 Å². The van der Waals surface area contributed by atoms with Crippen LogP contribution in [0.5, 0.6) is 0 Å². The number of imidazole rings is 1. The minimum absolute atomic E-state index is 0.373. The molecule has 84 valence electrons. The monoisotopic (exact) mass is 228 g/mol. The highest BCUT2D eigenvalue weighted by molar-refractivity contribution is 7.98. The van der Waals surface area contributed by atoms with Crippen molar-refractivity contribution in [2.24, 2.45) is 5.92 Å². The van der Waals surface area contributed by atoms with E-state index in [2.05, 4.69) is 28.6 Å². The summed E-state index contributed by atoms with van der Waals surface area (Å²) < 4.78 is 4.58. The first-order chi connectivity index (χ1) is 7.13. The molecule has 0 amide bonds. The Morgan fingerprint density at radius 2 is 2.40 bits per heavy atom. The third-order valence-corrected chi connectivity index (χ3v) is 3.10. The van der Waals surface area contributed by atoms with Gasteiger partial charge in [-0.05, 0) is 11.7 Å². The maximum Gasteiger partial charge on any atom is 0.356 e. The van der Waals surface area contributed by atoms with E-state index in [1.54, 1.807) is 11.8 Å². The largest absolute Gasteiger partial charge is 0.464 e. The van der Waals surface area contributed by atoms with Gasteiger partial charge >= 0.3 is 5.97 Å². The minimum Gasteiger partial charge on any atom is -0.464 e. The van der Waals surface area contributed by atoms with Crippen LogP contribution in [0.25, 0.3) is 0 Å². The number of aromatic nitrogens is 2. The molecule has 1 aromatic heterocycles. The summed E-state index contributed by atoms with van der Waals surface area (Å²) >= 11 is 1.80. The fourth-order valence-electron chi connectivity index (χ4n) is 1.04. The molecule has 0 saturated heterocycles. The van der Waals surface area contributed by atoms with Crippen molar-refractivity contribution < 1.29 is 9.53 Å². The zero-order chi connectivity index (χ0) is 11.3. The number of H-pyrrole nitrogens is 1. The van der Waals surface area contributed by atoms with Crippen molar-refractivity contribution in [3.8, 4) is 0 Å². The number of nitrogens with zero attached hydrogens (tertiary/aromatic N) is 1. The lowest BCUT2D eigenvalue weighted by Gasteiger charge is -2.01. The molecule has 0 aliphatic heterocycles. The maximum atomic E-state index is 11.1. The number of methoxy groups -OCH3 is 1. The highest BCUT2D eigenvalue weighted by Crippen LogP contribution is 2.13. The third-order valence-electron chi connectivity index (χ3n) is 1.72. The Morgan fingerprint density at radius 3 is 3.00 bits per heavy atom. The first-order valence-electron chi connectivity index (χ1n) is 4.83. The van der Waals surface area contributed by atoms with Gasteiger partial charge in [-0.3, -0.25) is 0 Å². The fraction of sp³-hybridized carbons (Fsp3) is 0.600. The van der Waals surface area contributed by atoms with E-state index in [9.17, 15) is 4.79 Å². The SMILES string of the molecule is COC(=O)c1cnc(CSCC(C)C)[nH]1. The van der Waals surface area contributed by atoms with Crippen molar-refractivity contribution in [3.63, 3.8) is 0 Å². The number of aromatic amines is 1. The molecule has 0 aliphatic carbocycles. The molecule has 15 heavy (non-hydrogen) atoms. The van der Waals surface area contributed by atoms with Crippen molar-refractivity contribution in [2.75, 3.05) is 12.9 Å². The Balaban J connectivity index is 2.43. The van der Waals surface area contributed by atoms with Gasteiger partial charge in [-0.2, -0.15) is 11.8 Å². The van der Waals surface area contributed by atoms with E-state index in [1.807, 2.05) is 0 Å². The van der Waals surface area contributed by atoms with Crippen LogP contribution >= 0.6 is 11.8 Å². The number of carbonyl (C=O) groups excluding carboxylic acids is 1. The van der Waals surface area contributed by atoms with Crippen LogP contribution in [0.3, 0.4) is 0 Å². The highest BCUT2D eigenvalue weighted by Gasteiger charge is 2.09. The molecule has 0 atom stereocenters. The molecule has 0 radical (unpaired) electrons. The molecule has 0 saturated carbocycles. The van der Waals surface area contributed by atoms with Gasteiger partial charge in [-0.25, -0.2) is 9.78 Å². The van der Waals surface area contributed by atoms with E-state index < -0.39 is 0 Å². The summed E-state index contributed by atoms with van der Waals surface area (Å²) in [4.78, 5) is 18.1. The summed E-state index contributed by atoms with van der Waals surface area (Å²) in [5.74, 6) is 3.01. The smallest absolute Gasteiger partial charge is 0.356 e. The second kappa shape index (κ2) is 5.80. The van der Waals surface area contributed by atoms with Gasteiger partial charge in [0.1, 0.15) is 11.5 Å². The molecular formula is C10H16N2O2S. The summed E-state index contributed by atoms with van der Waals surface area (Å²) in [5, 5.41) is 0. The minimum atomic E-state index is -0.373. The van der Waals surface area contributed by atoms with Gasteiger partial charge in [0.2, 0.25) is 0 Å². The molecule has 0 bridgehead atoms. The standard InChI is InChI=1S/C10H16N2O2S/c1-7(2)5-15-6-9-11-4-8(12-9)10(13)14-3/h4,7H,5-6H2,1-3H3,(H,11,12). The summed E-state index contributed by atoms with van der Waals surface area (Å²) in [6.07, 6.45) is 1.51. The van der Waals surface area contributed by atoms with Gasteiger partial charge in [0.25, 0.3) is 0 Å². The second-order valence-electron chi connectivity index (χ2n) is 3.64. The molecular weight excluding hydrogens is 212 g/mol. The lowest BCUT2D eigenvalue weighted by Crippen LogP contribution is -2.01. The lowest BCUT2D eigenvalue weighted by molar-refractivity contribution is 0.0594. The molecule has 1 heterocycles. The average Bonchev–Trinajstić information content (AvgIpc) is 2.65. The zero-order valence-corrected chi connectivity index (χ0v) is 10.1. The number of rotatable bonds is 5. The average molecular weight is 228 g/mol. The normalized spacial score (nSPS) is 10.7. The molecule has 1 aromatic rings. The van der Waals surface area contributed by atoms with Gasteiger partial charge in [0.05, 0.1) is 19.1 Å². The first-order valence-corrected chi connectivity index (χ1v) is 5.99. The first kappa shape index (κ1) is 12.1. The molecule has 0 spiro atoms. The summed E-state index contributed by atoms with van der Waals surface area (Å²) in [6.45, 7) is 4.35.